The monoisotopic (exact) mass is 426 g/mol. The van der Waals surface area contributed by atoms with Crippen molar-refractivity contribution in [1.29, 1.82) is 0 Å². The highest BCUT2D eigenvalue weighted by Gasteiger charge is 2.30. The second-order valence-corrected chi connectivity index (χ2v) is 8.00. The van der Waals surface area contributed by atoms with Gasteiger partial charge in [0.15, 0.2) is 0 Å². The number of ether oxygens (including phenoxy) is 1. The lowest BCUT2D eigenvalue weighted by Crippen LogP contribution is -2.46. The maximum absolute atomic E-state index is 13.9. The molecule has 7 nitrogen and oxygen atoms in total. The van der Waals surface area contributed by atoms with Crippen LogP contribution in [0.3, 0.4) is 0 Å². The van der Waals surface area contributed by atoms with Gasteiger partial charge in [-0.05, 0) is 44.5 Å². The molecule has 1 atom stereocenters. The van der Waals surface area contributed by atoms with Crippen molar-refractivity contribution in [3.05, 3.63) is 36.2 Å². The Labute approximate surface area is 172 Å². The van der Waals surface area contributed by atoms with Gasteiger partial charge in [0.25, 0.3) is 6.43 Å². The van der Waals surface area contributed by atoms with E-state index in [2.05, 4.69) is 9.97 Å². The molecule has 0 radical (unpaired) electrons. The van der Waals surface area contributed by atoms with Crippen molar-refractivity contribution >= 4 is 11.9 Å². The molecule has 1 amide bonds. The van der Waals surface area contributed by atoms with Crippen molar-refractivity contribution < 1.29 is 27.8 Å². The van der Waals surface area contributed by atoms with Crippen molar-refractivity contribution in [1.82, 2.24) is 9.97 Å². The lowest BCUT2D eigenvalue weighted by Gasteiger charge is -2.29. The number of hydrogen-bond donors (Lipinski definition) is 2. The molecular formula is C20H25F3N4O3. The molecule has 0 spiro atoms. The van der Waals surface area contributed by atoms with E-state index in [1.54, 1.807) is 13.0 Å². The Balaban J connectivity index is 2.30. The molecule has 30 heavy (non-hydrogen) atoms. The third-order valence-electron chi connectivity index (χ3n) is 4.19. The average molecular weight is 426 g/mol. The van der Waals surface area contributed by atoms with Crippen LogP contribution in [0.15, 0.2) is 30.6 Å². The first-order valence-corrected chi connectivity index (χ1v) is 9.11. The first kappa shape index (κ1) is 23.4. The number of carboxylic acid groups (broad SMARTS) is 1. The van der Waals surface area contributed by atoms with Crippen LogP contribution >= 0.6 is 0 Å². The number of pyridine rings is 2. The van der Waals surface area contributed by atoms with E-state index in [-0.39, 0.29) is 24.7 Å². The summed E-state index contributed by atoms with van der Waals surface area (Å²) in [5.74, 6) is -0.161. The zero-order valence-corrected chi connectivity index (χ0v) is 17.2. The fourth-order valence-electron chi connectivity index (χ4n) is 3.03. The van der Waals surface area contributed by atoms with E-state index >= 15 is 0 Å². The van der Waals surface area contributed by atoms with Crippen LogP contribution in [0.4, 0.5) is 23.8 Å². The maximum atomic E-state index is 13.9. The molecule has 1 unspecified atom stereocenters. The number of nitrogens with two attached hydrogens (primary N) is 1. The number of rotatable bonds is 8. The minimum Gasteiger partial charge on any atom is -0.475 e. The Bertz CT molecular complexity index is 901. The number of carbonyl (C=O) groups is 1. The van der Waals surface area contributed by atoms with Gasteiger partial charge in [-0.15, -0.1) is 0 Å². The van der Waals surface area contributed by atoms with Crippen LogP contribution in [-0.2, 0) is 0 Å². The van der Waals surface area contributed by atoms with E-state index < -0.39 is 29.3 Å². The molecule has 0 aromatic carbocycles. The highest BCUT2D eigenvalue weighted by Crippen LogP contribution is 2.33. The predicted molar refractivity (Wildman–Crippen MR) is 107 cm³/mol. The molecule has 0 aliphatic rings. The third kappa shape index (κ3) is 6.31. The van der Waals surface area contributed by atoms with E-state index in [9.17, 15) is 18.0 Å². The molecular weight excluding hydrogens is 401 g/mol. The number of nitrogens with zero attached hydrogens (tertiary/aromatic N) is 3. The summed E-state index contributed by atoms with van der Waals surface area (Å²) < 4.78 is 46.5. The van der Waals surface area contributed by atoms with Crippen LogP contribution in [0.5, 0.6) is 5.88 Å². The van der Waals surface area contributed by atoms with E-state index in [1.165, 1.54) is 45.4 Å². The van der Waals surface area contributed by atoms with E-state index in [1.807, 2.05) is 0 Å². The van der Waals surface area contributed by atoms with Crippen LogP contribution in [0.25, 0.3) is 11.1 Å². The van der Waals surface area contributed by atoms with E-state index in [0.29, 0.717) is 11.1 Å². The predicted octanol–water partition coefficient (Wildman–Crippen LogP) is 4.43. The molecule has 0 aliphatic heterocycles. The molecule has 3 N–H and O–H groups in total. The van der Waals surface area contributed by atoms with Crippen LogP contribution in [0, 0.1) is 0 Å². The molecule has 0 saturated carbocycles. The Morgan fingerprint density at radius 3 is 2.50 bits per heavy atom. The Hall–Kier alpha value is -2.88. The molecule has 0 aliphatic carbocycles. The Kier molecular flexibility index (Phi) is 6.91. The van der Waals surface area contributed by atoms with Gasteiger partial charge in [-0.2, -0.15) is 0 Å². The largest absolute Gasteiger partial charge is 0.475 e. The first-order chi connectivity index (χ1) is 13.8. The van der Waals surface area contributed by atoms with Crippen LogP contribution in [0.1, 0.15) is 39.2 Å². The van der Waals surface area contributed by atoms with E-state index in [0.717, 1.165) is 4.90 Å². The first-order valence-electron chi connectivity index (χ1n) is 9.11. The van der Waals surface area contributed by atoms with Crippen LogP contribution < -0.4 is 15.4 Å². The lowest BCUT2D eigenvalue weighted by molar-refractivity contribution is 0.114. The van der Waals surface area contributed by atoms with Gasteiger partial charge in [0, 0.05) is 31.4 Å². The van der Waals surface area contributed by atoms with Crippen LogP contribution in [-0.4, -0.2) is 46.0 Å². The summed E-state index contributed by atoms with van der Waals surface area (Å²) in [7, 11) is 1.32. The quantitative estimate of drug-likeness (QED) is 0.648. The maximum Gasteiger partial charge on any atom is 0.412 e. The highest BCUT2D eigenvalue weighted by molar-refractivity contribution is 5.85. The van der Waals surface area contributed by atoms with Crippen molar-refractivity contribution in [3.8, 4) is 17.0 Å². The second-order valence-electron chi connectivity index (χ2n) is 8.00. The summed E-state index contributed by atoms with van der Waals surface area (Å²) in [6.45, 7) is 4.12. The highest BCUT2D eigenvalue weighted by atomic mass is 19.3. The normalized spacial score (nSPS) is 13.8. The summed E-state index contributed by atoms with van der Waals surface area (Å²) in [5, 5.41) is 9.07. The molecule has 2 aromatic rings. The molecule has 0 saturated heterocycles. The number of anilines is 1. The number of hydrogen-bond acceptors (Lipinski definition) is 5. The summed E-state index contributed by atoms with van der Waals surface area (Å²) in [4.78, 5) is 19.9. The summed E-state index contributed by atoms with van der Waals surface area (Å²) in [6.07, 6.45) is -1.42. The molecule has 164 valence electrons. The standard InChI is InChI=1S/C20H25F3N4O3/c1-19(2,23)10-20(3,24)11-30-17-14(16(21)22)7-13(9-26-17)12-5-6-25-15(8-12)27(4)18(28)29/h5-9,16H,10-11,24H2,1-4H3,(H,28,29). The number of aromatic nitrogens is 2. The van der Waals surface area contributed by atoms with Gasteiger partial charge in [0.05, 0.1) is 11.1 Å². The summed E-state index contributed by atoms with van der Waals surface area (Å²) in [6, 6.07) is 4.20. The lowest BCUT2D eigenvalue weighted by atomic mass is 9.91. The molecule has 2 heterocycles. The van der Waals surface area contributed by atoms with Crippen LogP contribution in [0.2, 0.25) is 0 Å². The van der Waals surface area contributed by atoms with Gasteiger partial charge in [-0.3, -0.25) is 4.90 Å². The second kappa shape index (κ2) is 8.86. The fraction of sp³-hybridized carbons (Fsp3) is 0.450. The smallest absolute Gasteiger partial charge is 0.412 e. The summed E-state index contributed by atoms with van der Waals surface area (Å²) in [5.41, 5.74) is 3.74. The van der Waals surface area contributed by atoms with Gasteiger partial charge < -0.3 is 15.6 Å². The average Bonchev–Trinajstić information content (AvgIpc) is 2.63. The number of halogens is 3. The minimum absolute atomic E-state index is 0.0288. The molecule has 10 heteroatoms. The molecule has 0 bridgehead atoms. The van der Waals surface area contributed by atoms with Crippen molar-refractivity contribution in [2.75, 3.05) is 18.6 Å². The van der Waals surface area contributed by atoms with Gasteiger partial charge in [0.1, 0.15) is 18.1 Å². The summed E-state index contributed by atoms with van der Waals surface area (Å²) >= 11 is 0. The van der Waals surface area contributed by atoms with Gasteiger partial charge in [-0.25, -0.2) is 27.9 Å². The van der Waals surface area contributed by atoms with Gasteiger partial charge in [0.2, 0.25) is 5.88 Å². The number of alkyl halides is 3. The SMILES string of the molecule is CN(C(=O)O)c1cc(-c2cnc(OCC(C)(N)CC(C)(C)F)c(C(F)F)c2)ccn1. The zero-order valence-electron chi connectivity index (χ0n) is 17.2. The molecule has 0 fully saturated rings. The fourth-order valence-corrected chi connectivity index (χ4v) is 3.03. The van der Waals surface area contributed by atoms with Gasteiger partial charge >= 0.3 is 6.09 Å². The van der Waals surface area contributed by atoms with Crippen molar-refractivity contribution in [3.63, 3.8) is 0 Å². The van der Waals surface area contributed by atoms with Crippen molar-refractivity contribution in [2.45, 2.75) is 44.8 Å². The molecule has 2 aromatic heterocycles. The number of amides is 1. The van der Waals surface area contributed by atoms with Crippen molar-refractivity contribution in [2.24, 2.45) is 5.73 Å². The van der Waals surface area contributed by atoms with Gasteiger partial charge in [-0.1, -0.05) is 0 Å². The Morgan fingerprint density at radius 1 is 1.27 bits per heavy atom. The third-order valence-corrected chi connectivity index (χ3v) is 4.19. The molecule has 2 rings (SSSR count). The topological polar surface area (TPSA) is 102 Å². The Morgan fingerprint density at radius 2 is 1.93 bits per heavy atom. The van der Waals surface area contributed by atoms with E-state index in [4.69, 9.17) is 15.6 Å². The zero-order chi connectivity index (χ0) is 22.7. The minimum atomic E-state index is -2.88.